The Labute approximate surface area is 157 Å². The summed E-state index contributed by atoms with van der Waals surface area (Å²) in [5.74, 6) is 0.434. The first kappa shape index (κ1) is 17.7. The Balaban J connectivity index is 0.00000196. The van der Waals surface area contributed by atoms with Crippen molar-refractivity contribution in [1.29, 1.82) is 0 Å². The minimum Gasteiger partial charge on any atom is -1.00 e. The van der Waals surface area contributed by atoms with Gasteiger partial charge in [-0.1, -0.05) is 18.2 Å². The number of para-hydroxylation sites is 1. The highest BCUT2D eigenvalue weighted by Gasteiger charge is 2.13. The van der Waals surface area contributed by atoms with E-state index in [0.29, 0.717) is 5.52 Å². The summed E-state index contributed by atoms with van der Waals surface area (Å²) in [7, 11) is 1.93. The average molecular weight is 365 g/mol. The lowest BCUT2D eigenvalue weighted by atomic mass is 10.1. The van der Waals surface area contributed by atoms with Crippen LogP contribution in [0.25, 0.3) is 34.0 Å². The second kappa shape index (κ2) is 7.02. The molecule has 0 radical (unpaired) electrons. The van der Waals surface area contributed by atoms with Gasteiger partial charge in [0.15, 0.2) is 5.75 Å². The van der Waals surface area contributed by atoms with Crippen molar-refractivity contribution < 1.29 is 27.2 Å². The molecule has 2 heterocycles. The third-order valence-corrected chi connectivity index (χ3v) is 4.42. The number of aromatic nitrogens is 2. The highest BCUT2D eigenvalue weighted by molar-refractivity contribution is 5.93. The summed E-state index contributed by atoms with van der Waals surface area (Å²) in [6.45, 7) is 0. The van der Waals surface area contributed by atoms with Gasteiger partial charge in [-0.05, 0) is 42.0 Å². The van der Waals surface area contributed by atoms with Crippen LogP contribution in [0.5, 0.6) is 11.5 Å². The predicted octanol–water partition coefficient (Wildman–Crippen LogP) is 0.798. The Kier molecular flexibility index (Phi) is 4.78. The van der Waals surface area contributed by atoms with Gasteiger partial charge in [-0.3, -0.25) is 4.98 Å². The molecule has 0 fully saturated rings. The largest absolute Gasteiger partial charge is 1.00 e. The molecule has 0 atom stereocenters. The van der Waals surface area contributed by atoms with E-state index < -0.39 is 0 Å². The molecule has 0 unspecified atom stereocenters. The van der Waals surface area contributed by atoms with Crippen molar-refractivity contribution >= 4 is 34.0 Å². The van der Waals surface area contributed by atoms with Crippen LogP contribution in [0.15, 0.2) is 60.8 Å². The summed E-state index contributed by atoms with van der Waals surface area (Å²) in [5.41, 5.74) is 3.31. The lowest BCUT2D eigenvalue weighted by Crippen LogP contribution is -3.00. The molecule has 0 amide bonds. The van der Waals surface area contributed by atoms with E-state index in [1.165, 1.54) is 0 Å². The van der Waals surface area contributed by atoms with Crippen molar-refractivity contribution in [3.63, 3.8) is 0 Å². The maximum atomic E-state index is 10.2. The molecule has 0 bridgehead atoms. The lowest BCUT2D eigenvalue weighted by Gasteiger charge is -2.04. The normalized spacial score (nSPS) is 11.1. The number of phenols is 2. The van der Waals surface area contributed by atoms with E-state index in [4.69, 9.17) is 0 Å². The summed E-state index contributed by atoms with van der Waals surface area (Å²) < 4.78 is 1.96. The first-order valence-corrected chi connectivity index (χ1v) is 8.00. The number of hydrogen-bond acceptors (Lipinski definition) is 3. The van der Waals surface area contributed by atoms with Gasteiger partial charge in [-0.2, -0.15) is 4.57 Å². The molecular weight excluding hydrogens is 348 g/mol. The second-order valence-electron chi connectivity index (χ2n) is 5.94. The minimum atomic E-state index is 0. The molecule has 4 nitrogen and oxygen atoms in total. The molecule has 5 heteroatoms. The second-order valence-corrected chi connectivity index (χ2v) is 5.94. The maximum absolute atomic E-state index is 10.2. The van der Waals surface area contributed by atoms with Gasteiger partial charge >= 0.3 is 0 Å². The number of pyridine rings is 2. The van der Waals surface area contributed by atoms with Crippen LogP contribution in [0.4, 0.5) is 0 Å². The van der Waals surface area contributed by atoms with Gasteiger partial charge in [-0.15, -0.1) is 0 Å². The summed E-state index contributed by atoms with van der Waals surface area (Å²) in [5, 5.41) is 22.0. The fourth-order valence-electron chi connectivity index (χ4n) is 3.13. The van der Waals surface area contributed by atoms with E-state index in [-0.39, 0.29) is 23.9 Å². The van der Waals surface area contributed by atoms with Crippen LogP contribution in [0.1, 0.15) is 11.3 Å². The fraction of sp³-hybridized carbons (Fsp3) is 0.0476. The van der Waals surface area contributed by atoms with E-state index in [9.17, 15) is 10.2 Å². The van der Waals surface area contributed by atoms with Crippen LogP contribution < -0.4 is 17.0 Å². The molecule has 130 valence electrons. The van der Waals surface area contributed by atoms with Crippen LogP contribution in [0.2, 0.25) is 0 Å². The number of nitrogens with zero attached hydrogens (tertiary/aromatic N) is 2. The molecule has 4 rings (SSSR count). The van der Waals surface area contributed by atoms with Gasteiger partial charge in [0.05, 0.1) is 5.39 Å². The summed E-state index contributed by atoms with van der Waals surface area (Å²) in [6.07, 6.45) is 5.65. The summed E-state index contributed by atoms with van der Waals surface area (Å²) in [6, 6.07) is 16.8. The topological polar surface area (TPSA) is 57.2 Å². The van der Waals surface area contributed by atoms with Crippen LogP contribution in [-0.4, -0.2) is 15.2 Å². The van der Waals surface area contributed by atoms with Gasteiger partial charge in [0, 0.05) is 23.7 Å². The number of fused-ring (bicyclic) bond motifs is 2. The highest BCUT2D eigenvalue weighted by atomic mass is 35.5. The number of phenolic OH excluding ortho intramolecular Hbond substituents is 2. The molecule has 0 aliphatic heterocycles. The van der Waals surface area contributed by atoms with Gasteiger partial charge in [0.2, 0.25) is 5.69 Å². The van der Waals surface area contributed by atoms with E-state index in [1.807, 2.05) is 66.2 Å². The molecule has 2 aromatic heterocycles. The van der Waals surface area contributed by atoms with Crippen LogP contribution in [0.3, 0.4) is 0 Å². The van der Waals surface area contributed by atoms with Crippen molar-refractivity contribution in [3.05, 3.63) is 72.1 Å². The molecule has 2 aromatic carbocycles. The van der Waals surface area contributed by atoms with E-state index in [1.54, 1.807) is 18.3 Å². The standard InChI is InChI=1S/C21H16N2O2.ClH/c1-23-16(11-8-15-4-2-6-19(25)21(15)23)10-7-14-9-12-18(24)20-17(14)5-3-13-22-20;/h2-13,25H,1H3;1H. The lowest BCUT2D eigenvalue weighted by molar-refractivity contribution is -0.646. The Bertz CT molecular complexity index is 1140. The number of aromatic hydroxyl groups is 2. The van der Waals surface area contributed by atoms with E-state index >= 15 is 0 Å². The van der Waals surface area contributed by atoms with Gasteiger partial charge in [0.25, 0.3) is 5.52 Å². The van der Waals surface area contributed by atoms with E-state index in [0.717, 1.165) is 27.5 Å². The molecule has 26 heavy (non-hydrogen) atoms. The molecule has 0 aliphatic carbocycles. The average Bonchev–Trinajstić information content (AvgIpc) is 2.63. The van der Waals surface area contributed by atoms with Gasteiger partial charge in [0.1, 0.15) is 18.3 Å². The zero-order valence-electron chi connectivity index (χ0n) is 14.1. The summed E-state index contributed by atoms with van der Waals surface area (Å²) >= 11 is 0. The zero-order chi connectivity index (χ0) is 17.4. The molecule has 0 aliphatic rings. The molecule has 0 spiro atoms. The monoisotopic (exact) mass is 364 g/mol. The van der Waals surface area contributed by atoms with Crippen molar-refractivity contribution in [3.8, 4) is 11.5 Å². The number of halogens is 1. The van der Waals surface area contributed by atoms with Crippen molar-refractivity contribution in [2.24, 2.45) is 7.05 Å². The molecule has 0 saturated carbocycles. The fourth-order valence-corrected chi connectivity index (χ4v) is 3.13. The van der Waals surface area contributed by atoms with Crippen molar-refractivity contribution in [2.75, 3.05) is 0 Å². The zero-order valence-corrected chi connectivity index (χ0v) is 14.9. The van der Waals surface area contributed by atoms with Crippen LogP contribution >= 0.6 is 0 Å². The van der Waals surface area contributed by atoms with Crippen molar-refractivity contribution in [2.45, 2.75) is 0 Å². The number of rotatable bonds is 2. The Morgan fingerprint density at radius 3 is 2.58 bits per heavy atom. The van der Waals surface area contributed by atoms with Gasteiger partial charge in [-0.25, -0.2) is 0 Å². The molecule has 4 aromatic rings. The number of benzene rings is 2. The number of aryl methyl sites for hydroxylation is 1. The molecular formula is C21H17ClN2O2. The van der Waals surface area contributed by atoms with Crippen LogP contribution in [-0.2, 0) is 7.05 Å². The quantitative estimate of drug-likeness (QED) is 0.517. The predicted molar refractivity (Wildman–Crippen MR) is 99.1 cm³/mol. The Morgan fingerprint density at radius 2 is 1.73 bits per heavy atom. The third-order valence-electron chi connectivity index (χ3n) is 4.42. The summed E-state index contributed by atoms with van der Waals surface area (Å²) in [4.78, 5) is 4.24. The highest BCUT2D eigenvalue weighted by Crippen LogP contribution is 2.27. The SMILES string of the molecule is C[n+]1c(C=Cc2ccc(O)c3ncccc23)ccc2cccc(O)c21.[Cl-]. The van der Waals surface area contributed by atoms with Crippen molar-refractivity contribution in [1.82, 2.24) is 4.98 Å². The third kappa shape index (κ3) is 2.95. The molecule has 0 saturated heterocycles. The Hall–Kier alpha value is -3.11. The Morgan fingerprint density at radius 1 is 0.885 bits per heavy atom. The number of hydrogen-bond donors (Lipinski definition) is 2. The smallest absolute Gasteiger partial charge is 0.254 e. The van der Waals surface area contributed by atoms with Gasteiger partial charge < -0.3 is 22.6 Å². The van der Waals surface area contributed by atoms with E-state index in [2.05, 4.69) is 4.98 Å². The minimum absolute atomic E-state index is 0. The van der Waals surface area contributed by atoms with Crippen LogP contribution in [0, 0.1) is 0 Å². The maximum Gasteiger partial charge on any atom is 0.254 e. The molecule has 2 N–H and O–H groups in total. The first-order valence-electron chi connectivity index (χ1n) is 8.00. The first-order chi connectivity index (χ1) is 12.1.